The summed E-state index contributed by atoms with van der Waals surface area (Å²) in [5, 5.41) is 18.3. The van der Waals surface area contributed by atoms with Crippen molar-refractivity contribution < 1.29 is 14.8 Å². The molecule has 0 aliphatic carbocycles. The zero-order valence-corrected chi connectivity index (χ0v) is 12.7. The Morgan fingerprint density at radius 2 is 1.76 bits per heavy atom. The summed E-state index contributed by atoms with van der Waals surface area (Å²) in [6.45, 7) is 9.42. The molecule has 0 aromatic heterocycles. The van der Waals surface area contributed by atoms with Crippen LogP contribution in [0, 0.1) is 0 Å². The highest BCUT2D eigenvalue weighted by atomic mass is 16.5. The molecular weight excluding hydrogens is 267 g/mol. The first-order valence-electron chi connectivity index (χ1n) is 7.72. The van der Waals surface area contributed by atoms with Gasteiger partial charge in [0.25, 0.3) is 0 Å². The summed E-state index contributed by atoms with van der Waals surface area (Å²) in [5.41, 5.74) is 0.459. The molecule has 0 atom stereocenters. The lowest BCUT2D eigenvalue weighted by Crippen LogP contribution is -2.47. The Balaban J connectivity index is 1.69. The van der Waals surface area contributed by atoms with Crippen LogP contribution in [0.2, 0.25) is 0 Å². The Morgan fingerprint density at radius 3 is 2.38 bits per heavy atom. The van der Waals surface area contributed by atoms with Crippen LogP contribution < -0.4 is 10.2 Å². The van der Waals surface area contributed by atoms with Gasteiger partial charge in [-0.3, -0.25) is 4.90 Å². The molecule has 1 aliphatic rings. The normalized spacial score (nSPS) is 16.9. The number of nitrogens with zero attached hydrogens (tertiary/aromatic N) is 2. The van der Waals surface area contributed by atoms with E-state index in [-0.39, 0.29) is 0 Å². The molecule has 1 aromatic carbocycles. The Hall–Kier alpha value is -1.08. The fourth-order valence-electron chi connectivity index (χ4n) is 2.61. The van der Waals surface area contributed by atoms with E-state index in [1.165, 1.54) is 13.0 Å². The Bertz CT molecular complexity index is 423. The molecule has 1 heterocycles. The van der Waals surface area contributed by atoms with Crippen LogP contribution in [0.1, 0.15) is 13.3 Å². The molecule has 1 aromatic rings. The topological polar surface area (TPSA) is 56.2 Å². The van der Waals surface area contributed by atoms with Crippen LogP contribution in [-0.4, -0.2) is 72.8 Å². The molecule has 0 amide bonds. The molecular formula is C15H25BN2O3. The fourth-order valence-corrected chi connectivity index (χ4v) is 2.61. The lowest BCUT2D eigenvalue weighted by Gasteiger charge is -2.34. The Kier molecular flexibility index (Phi) is 6.51. The lowest BCUT2D eigenvalue weighted by molar-refractivity contribution is 0.117. The molecule has 116 valence electrons. The van der Waals surface area contributed by atoms with Gasteiger partial charge in [-0.1, -0.05) is 19.1 Å². The second-order valence-corrected chi connectivity index (χ2v) is 5.48. The molecule has 0 bridgehead atoms. The molecule has 0 saturated carbocycles. The largest absolute Gasteiger partial charge is 0.492 e. The molecule has 1 saturated heterocycles. The Labute approximate surface area is 127 Å². The molecule has 6 heteroatoms. The van der Waals surface area contributed by atoms with Crippen molar-refractivity contribution in [3.63, 3.8) is 0 Å². The van der Waals surface area contributed by atoms with Crippen molar-refractivity contribution in [2.24, 2.45) is 0 Å². The molecule has 1 fully saturated rings. The average Bonchev–Trinajstić information content (AvgIpc) is 2.50. The zero-order chi connectivity index (χ0) is 15.1. The van der Waals surface area contributed by atoms with Crippen LogP contribution >= 0.6 is 0 Å². The van der Waals surface area contributed by atoms with Gasteiger partial charge < -0.3 is 19.7 Å². The fraction of sp³-hybridized carbons (Fsp3) is 0.600. The summed E-state index contributed by atoms with van der Waals surface area (Å²) < 4.78 is 5.70. The van der Waals surface area contributed by atoms with Gasteiger partial charge in [0, 0.05) is 32.7 Å². The highest BCUT2D eigenvalue weighted by Crippen LogP contribution is 2.08. The van der Waals surface area contributed by atoms with Gasteiger partial charge in [0.2, 0.25) is 0 Å². The van der Waals surface area contributed by atoms with Gasteiger partial charge in [-0.2, -0.15) is 0 Å². The first kappa shape index (κ1) is 16.3. The highest BCUT2D eigenvalue weighted by Gasteiger charge is 2.16. The number of benzene rings is 1. The van der Waals surface area contributed by atoms with E-state index in [9.17, 15) is 0 Å². The second kappa shape index (κ2) is 8.39. The molecule has 2 rings (SSSR count). The molecule has 0 radical (unpaired) electrons. The van der Waals surface area contributed by atoms with E-state index in [0.29, 0.717) is 17.8 Å². The second-order valence-electron chi connectivity index (χ2n) is 5.48. The third-order valence-corrected chi connectivity index (χ3v) is 3.84. The summed E-state index contributed by atoms with van der Waals surface area (Å²) >= 11 is 0. The van der Waals surface area contributed by atoms with E-state index >= 15 is 0 Å². The smallest absolute Gasteiger partial charge is 0.488 e. The van der Waals surface area contributed by atoms with E-state index in [0.717, 1.165) is 32.7 Å². The monoisotopic (exact) mass is 292 g/mol. The quantitative estimate of drug-likeness (QED) is 0.680. The van der Waals surface area contributed by atoms with Crippen molar-refractivity contribution in [3.8, 4) is 5.75 Å². The van der Waals surface area contributed by atoms with Crippen molar-refractivity contribution in [2.75, 3.05) is 45.9 Å². The van der Waals surface area contributed by atoms with E-state index < -0.39 is 7.12 Å². The van der Waals surface area contributed by atoms with Gasteiger partial charge in [0.05, 0.1) is 0 Å². The molecule has 21 heavy (non-hydrogen) atoms. The number of piperazine rings is 1. The number of rotatable bonds is 7. The summed E-state index contributed by atoms with van der Waals surface area (Å²) in [6.07, 6.45) is 1.22. The van der Waals surface area contributed by atoms with Crippen molar-refractivity contribution >= 4 is 12.6 Å². The summed E-state index contributed by atoms with van der Waals surface area (Å²) in [4.78, 5) is 4.92. The molecule has 1 aliphatic heterocycles. The first-order valence-corrected chi connectivity index (χ1v) is 7.72. The maximum absolute atomic E-state index is 9.13. The van der Waals surface area contributed by atoms with E-state index in [4.69, 9.17) is 14.8 Å². The van der Waals surface area contributed by atoms with Crippen LogP contribution in [0.4, 0.5) is 0 Å². The number of ether oxygens (including phenoxy) is 1. The summed E-state index contributed by atoms with van der Waals surface area (Å²) in [7, 11) is -1.44. The maximum Gasteiger partial charge on any atom is 0.488 e. The van der Waals surface area contributed by atoms with Gasteiger partial charge >= 0.3 is 7.12 Å². The van der Waals surface area contributed by atoms with E-state index in [1.54, 1.807) is 18.2 Å². The summed E-state index contributed by atoms with van der Waals surface area (Å²) in [5.74, 6) is 0.685. The highest BCUT2D eigenvalue weighted by molar-refractivity contribution is 6.58. The predicted octanol–water partition coefficient (Wildman–Crippen LogP) is -0.227. The van der Waals surface area contributed by atoms with Gasteiger partial charge in [-0.15, -0.1) is 0 Å². The van der Waals surface area contributed by atoms with Crippen LogP contribution in [0.5, 0.6) is 5.75 Å². The van der Waals surface area contributed by atoms with Crippen molar-refractivity contribution in [1.29, 1.82) is 0 Å². The third-order valence-electron chi connectivity index (χ3n) is 3.84. The first-order chi connectivity index (χ1) is 10.2. The van der Waals surface area contributed by atoms with Crippen molar-refractivity contribution in [1.82, 2.24) is 9.80 Å². The molecule has 0 unspecified atom stereocenters. The van der Waals surface area contributed by atoms with Crippen LogP contribution in [0.15, 0.2) is 24.3 Å². The van der Waals surface area contributed by atoms with Crippen molar-refractivity contribution in [3.05, 3.63) is 24.3 Å². The van der Waals surface area contributed by atoms with Crippen LogP contribution in [0.3, 0.4) is 0 Å². The lowest BCUT2D eigenvalue weighted by atomic mass is 9.80. The van der Waals surface area contributed by atoms with Gasteiger partial charge in [0.15, 0.2) is 0 Å². The van der Waals surface area contributed by atoms with E-state index in [1.807, 2.05) is 6.07 Å². The standard InChI is InChI=1S/C15H25BN2O3/c1-2-6-17-7-9-18(10-8-17)11-12-21-15-5-3-4-14(13-15)16(19)20/h3-5,13,19-20H,2,6-12H2,1H3. The minimum atomic E-state index is -1.44. The molecule has 5 nitrogen and oxygen atoms in total. The van der Waals surface area contributed by atoms with Crippen LogP contribution in [0.25, 0.3) is 0 Å². The third kappa shape index (κ3) is 5.32. The van der Waals surface area contributed by atoms with Gasteiger partial charge in [0.1, 0.15) is 12.4 Å². The summed E-state index contributed by atoms with van der Waals surface area (Å²) in [6, 6.07) is 6.95. The minimum Gasteiger partial charge on any atom is -0.492 e. The van der Waals surface area contributed by atoms with E-state index in [2.05, 4.69) is 16.7 Å². The number of hydrogen-bond donors (Lipinski definition) is 2. The molecule has 0 spiro atoms. The average molecular weight is 292 g/mol. The SMILES string of the molecule is CCCN1CCN(CCOc2cccc(B(O)O)c2)CC1. The Morgan fingerprint density at radius 1 is 1.10 bits per heavy atom. The van der Waals surface area contributed by atoms with Crippen LogP contribution in [-0.2, 0) is 0 Å². The minimum absolute atomic E-state index is 0.459. The predicted molar refractivity (Wildman–Crippen MR) is 84.9 cm³/mol. The van der Waals surface area contributed by atoms with Gasteiger partial charge in [-0.05, 0) is 30.6 Å². The maximum atomic E-state index is 9.13. The molecule has 2 N–H and O–H groups in total. The van der Waals surface area contributed by atoms with Gasteiger partial charge in [-0.25, -0.2) is 0 Å². The zero-order valence-electron chi connectivity index (χ0n) is 12.7. The van der Waals surface area contributed by atoms with Crippen molar-refractivity contribution in [2.45, 2.75) is 13.3 Å². The number of hydrogen-bond acceptors (Lipinski definition) is 5.